The van der Waals surface area contributed by atoms with E-state index in [1.165, 1.54) is 31.2 Å². The number of morpholine rings is 1. The summed E-state index contributed by atoms with van der Waals surface area (Å²) in [6.45, 7) is 9.16. The van der Waals surface area contributed by atoms with Gasteiger partial charge in [0.1, 0.15) is 5.75 Å². The fraction of sp³-hybridized carbons (Fsp3) is 0.708. The molecule has 2 saturated heterocycles. The Kier molecular flexibility index (Phi) is 10.4. The molecular weight excluding hydrogens is 390 g/mol. The van der Waals surface area contributed by atoms with Crippen molar-refractivity contribution in [2.75, 3.05) is 73.2 Å². The Morgan fingerprint density at radius 2 is 1.77 bits per heavy atom. The van der Waals surface area contributed by atoms with Crippen LogP contribution in [0.1, 0.15) is 43.7 Å². The number of piperidine rings is 1. The van der Waals surface area contributed by atoms with Crippen molar-refractivity contribution in [1.82, 2.24) is 20.4 Å². The Hall–Kier alpha value is -1.83. The van der Waals surface area contributed by atoms with E-state index in [9.17, 15) is 0 Å². The zero-order valence-electron chi connectivity index (χ0n) is 19.4. The zero-order valence-corrected chi connectivity index (χ0v) is 19.4. The third-order valence-corrected chi connectivity index (χ3v) is 6.32. The second-order valence-electron chi connectivity index (χ2n) is 8.43. The summed E-state index contributed by atoms with van der Waals surface area (Å²) in [7, 11) is 3.57. The molecule has 2 fully saturated rings. The molecule has 2 aliphatic heterocycles. The number of guanidine groups is 1. The van der Waals surface area contributed by atoms with Crippen LogP contribution in [0.15, 0.2) is 29.3 Å². The number of hydrogen-bond donors (Lipinski definition) is 2. The molecule has 3 rings (SSSR count). The highest BCUT2D eigenvalue weighted by Crippen LogP contribution is 2.25. The maximum atomic E-state index is 5.42. The first kappa shape index (κ1) is 23.8. The van der Waals surface area contributed by atoms with E-state index < -0.39 is 0 Å². The van der Waals surface area contributed by atoms with Gasteiger partial charge < -0.3 is 20.1 Å². The van der Waals surface area contributed by atoms with Gasteiger partial charge in [-0.2, -0.15) is 0 Å². The van der Waals surface area contributed by atoms with Crippen molar-refractivity contribution < 1.29 is 9.47 Å². The van der Waals surface area contributed by atoms with Crippen LogP contribution < -0.4 is 15.4 Å². The second-order valence-corrected chi connectivity index (χ2v) is 8.43. The van der Waals surface area contributed by atoms with Crippen LogP contribution >= 0.6 is 0 Å². The number of rotatable bonds is 10. The predicted octanol–water partition coefficient (Wildman–Crippen LogP) is 2.50. The molecule has 31 heavy (non-hydrogen) atoms. The summed E-state index contributed by atoms with van der Waals surface area (Å²) in [6, 6.07) is 8.86. The topological polar surface area (TPSA) is 61.4 Å². The number of methoxy groups -OCH3 is 1. The summed E-state index contributed by atoms with van der Waals surface area (Å²) in [5.74, 6) is 1.80. The Morgan fingerprint density at radius 3 is 2.45 bits per heavy atom. The van der Waals surface area contributed by atoms with Gasteiger partial charge in [0.25, 0.3) is 0 Å². The normalized spacial score (nSPS) is 19.7. The minimum Gasteiger partial charge on any atom is -0.497 e. The molecule has 0 aliphatic carbocycles. The van der Waals surface area contributed by atoms with E-state index in [4.69, 9.17) is 9.47 Å². The lowest BCUT2D eigenvalue weighted by Crippen LogP contribution is -2.44. The average molecular weight is 432 g/mol. The number of hydrogen-bond acceptors (Lipinski definition) is 5. The first-order valence-electron chi connectivity index (χ1n) is 11.9. The number of benzene rings is 1. The van der Waals surface area contributed by atoms with Crippen molar-refractivity contribution in [3.8, 4) is 5.75 Å². The number of ether oxygens (including phenoxy) is 2. The summed E-state index contributed by atoms with van der Waals surface area (Å²) in [5.41, 5.74) is 1.33. The van der Waals surface area contributed by atoms with Crippen LogP contribution in [0.25, 0.3) is 0 Å². The summed E-state index contributed by atoms with van der Waals surface area (Å²) in [6.07, 6.45) is 6.25. The Morgan fingerprint density at radius 1 is 1.03 bits per heavy atom. The molecule has 2 aliphatic rings. The molecule has 7 nitrogen and oxygen atoms in total. The smallest absolute Gasteiger partial charge is 0.191 e. The molecule has 2 heterocycles. The van der Waals surface area contributed by atoms with Crippen molar-refractivity contribution in [1.29, 1.82) is 0 Å². The highest BCUT2D eigenvalue weighted by molar-refractivity contribution is 5.79. The molecular formula is C24H41N5O2. The highest BCUT2D eigenvalue weighted by Gasteiger charge is 2.22. The first-order valence-corrected chi connectivity index (χ1v) is 11.9. The van der Waals surface area contributed by atoms with E-state index in [1.54, 1.807) is 7.11 Å². The van der Waals surface area contributed by atoms with Gasteiger partial charge in [-0.05, 0) is 63.0 Å². The van der Waals surface area contributed by atoms with Crippen LogP contribution in [0.5, 0.6) is 5.75 Å². The number of nitrogens with one attached hydrogen (secondary N) is 2. The zero-order chi connectivity index (χ0) is 21.7. The summed E-state index contributed by atoms with van der Waals surface area (Å²) < 4.78 is 10.8. The van der Waals surface area contributed by atoms with Crippen LogP contribution in [0.2, 0.25) is 0 Å². The molecule has 1 aromatic rings. The van der Waals surface area contributed by atoms with Gasteiger partial charge in [-0.1, -0.05) is 18.6 Å². The second kappa shape index (κ2) is 13.6. The van der Waals surface area contributed by atoms with Crippen LogP contribution in [0, 0.1) is 0 Å². The molecule has 2 N–H and O–H groups in total. The van der Waals surface area contributed by atoms with E-state index in [0.717, 1.165) is 77.2 Å². The quantitative estimate of drug-likeness (QED) is 0.337. The first-order chi connectivity index (χ1) is 15.3. The molecule has 0 aromatic heterocycles. The van der Waals surface area contributed by atoms with Crippen molar-refractivity contribution >= 4 is 5.96 Å². The van der Waals surface area contributed by atoms with Crippen LogP contribution in [-0.2, 0) is 4.74 Å². The maximum absolute atomic E-state index is 5.42. The predicted molar refractivity (Wildman–Crippen MR) is 127 cm³/mol. The lowest BCUT2D eigenvalue weighted by molar-refractivity contribution is 0.0372. The lowest BCUT2D eigenvalue weighted by Gasteiger charge is -2.35. The minimum absolute atomic E-state index is 0.339. The third-order valence-electron chi connectivity index (χ3n) is 6.32. The van der Waals surface area contributed by atoms with Crippen molar-refractivity contribution in [3.63, 3.8) is 0 Å². The number of unbranched alkanes of at least 4 members (excludes halogenated alkanes) is 1. The van der Waals surface area contributed by atoms with Gasteiger partial charge in [0.15, 0.2) is 5.96 Å². The number of nitrogens with zero attached hydrogens (tertiary/aromatic N) is 3. The Bertz CT molecular complexity index is 640. The van der Waals surface area contributed by atoms with E-state index >= 15 is 0 Å². The van der Waals surface area contributed by atoms with E-state index in [2.05, 4.69) is 49.7 Å². The van der Waals surface area contributed by atoms with Crippen LogP contribution in [-0.4, -0.2) is 88.9 Å². The van der Waals surface area contributed by atoms with Gasteiger partial charge in [0.2, 0.25) is 0 Å². The average Bonchev–Trinajstić information content (AvgIpc) is 2.84. The SMILES string of the molecule is CN=C(NCCCCN1CCOCC1)NCC(c1ccc(OC)cc1)N1CCCCC1. The highest BCUT2D eigenvalue weighted by atomic mass is 16.5. The van der Waals surface area contributed by atoms with E-state index in [-0.39, 0.29) is 0 Å². The van der Waals surface area contributed by atoms with Gasteiger partial charge in [0, 0.05) is 33.2 Å². The maximum Gasteiger partial charge on any atom is 0.191 e. The van der Waals surface area contributed by atoms with Crippen molar-refractivity contribution in [3.05, 3.63) is 29.8 Å². The number of aliphatic imine (C=N–C) groups is 1. The molecule has 174 valence electrons. The molecule has 7 heteroatoms. The molecule has 1 unspecified atom stereocenters. The molecule has 0 spiro atoms. The number of likely N-dealkylation sites (tertiary alicyclic amines) is 1. The minimum atomic E-state index is 0.339. The monoisotopic (exact) mass is 431 g/mol. The molecule has 0 radical (unpaired) electrons. The van der Waals surface area contributed by atoms with Gasteiger partial charge in [-0.15, -0.1) is 0 Å². The Balaban J connectivity index is 1.45. The Labute approximate surface area is 188 Å². The van der Waals surface area contributed by atoms with Gasteiger partial charge in [-0.25, -0.2) is 0 Å². The summed E-state index contributed by atoms with van der Waals surface area (Å²) in [5, 5.41) is 7.07. The molecule has 0 saturated carbocycles. The van der Waals surface area contributed by atoms with Gasteiger partial charge >= 0.3 is 0 Å². The fourth-order valence-corrected chi connectivity index (χ4v) is 4.42. The van der Waals surface area contributed by atoms with Gasteiger partial charge in [0.05, 0.1) is 26.4 Å². The molecule has 0 amide bonds. The molecule has 1 aromatic carbocycles. The largest absolute Gasteiger partial charge is 0.497 e. The molecule has 1 atom stereocenters. The molecule has 0 bridgehead atoms. The third kappa shape index (κ3) is 7.98. The lowest BCUT2D eigenvalue weighted by atomic mass is 10.0. The van der Waals surface area contributed by atoms with Crippen molar-refractivity contribution in [2.24, 2.45) is 4.99 Å². The van der Waals surface area contributed by atoms with Crippen molar-refractivity contribution in [2.45, 2.75) is 38.1 Å². The fourth-order valence-electron chi connectivity index (χ4n) is 4.42. The van der Waals surface area contributed by atoms with Crippen LogP contribution in [0.4, 0.5) is 0 Å². The van der Waals surface area contributed by atoms with E-state index in [0.29, 0.717) is 6.04 Å². The summed E-state index contributed by atoms with van der Waals surface area (Å²) in [4.78, 5) is 9.54. The standard InChI is InChI=1S/C24H41N5O2/c1-25-24(26-12-4-7-13-28-16-18-31-19-17-28)27-20-23(29-14-5-3-6-15-29)21-8-10-22(30-2)11-9-21/h8-11,23H,3-7,12-20H2,1-2H3,(H2,25,26,27). The van der Waals surface area contributed by atoms with Gasteiger partial charge in [-0.3, -0.25) is 14.8 Å². The summed E-state index contributed by atoms with van der Waals surface area (Å²) >= 11 is 0. The van der Waals surface area contributed by atoms with E-state index in [1.807, 2.05) is 7.05 Å². The van der Waals surface area contributed by atoms with Crippen LogP contribution in [0.3, 0.4) is 0 Å².